The standard InChI is InChI=1S/C35H51N3O4.C22H44N2O2.C13H29N.2C2H6.CH4/c1-29(2)23-26-38(25-11-18-32(39)16-9-17-33(40)22-21-30-12-5-3-6-13-30)27-24-36-34(41)19-10-20-35(42)37-28-31-14-7-4-8-15-31;1-6-7-11-21(25)12-9-16-24(17-14-20(4)5)18-15-23-22(26)13-8-10-19(2)3;1-6-9-14(10-7-12(2)3)11-8-13(4)5;2*1-2;/h3-8,12-15,29H,9-11,16-28H2,1-2H3,(H,36,41)(H,37,42);19-20H,6-18H2,1-5H3,(H,23,26);12-13H,6-11H2,1-5H3;2*1-2H3;1H4. The van der Waals surface area contributed by atoms with Gasteiger partial charge in [-0.1, -0.05) is 192 Å². The van der Waals surface area contributed by atoms with E-state index in [1.807, 2.05) is 88.4 Å². The smallest absolute Gasteiger partial charge is 0.220 e. The third-order valence-electron chi connectivity index (χ3n) is 14.6. The summed E-state index contributed by atoms with van der Waals surface area (Å²) in [6.45, 7) is 45.9. The molecule has 2 aromatic rings. The van der Waals surface area contributed by atoms with Gasteiger partial charge in [0.05, 0.1) is 0 Å². The lowest BCUT2D eigenvalue weighted by Crippen LogP contribution is -2.36. The molecule has 0 saturated carbocycles. The summed E-state index contributed by atoms with van der Waals surface area (Å²) in [5.74, 6) is 4.52. The molecular weight excluding hydrogens is 1080 g/mol. The van der Waals surface area contributed by atoms with E-state index in [0.717, 1.165) is 121 Å². The lowest BCUT2D eigenvalue weighted by Gasteiger charge is -2.23. The molecule has 87 heavy (non-hydrogen) atoms. The summed E-state index contributed by atoms with van der Waals surface area (Å²) in [6.07, 6.45) is 18.7. The molecule has 0 aromatic heterocycles. The highest BCUT2D eigenvalue weighted by Gasteiger charge is 2.13. The van der Waals surface area contributed by atoms with Crippen molar-refractivity contribution in [2.24, 2.45) is 29.6 Å². The molecule has 2 rings (SSSR count). The number of amides is 3. The van der Waals surface area contributed by atoms with Gasteiger partial charge in [0.2, 0.25) is 17.7 Å². The Kier molecular flexibility index (Phi) is 64.9. The minimum atomic E-state index is -0.0456. The average Bonchev–Trinajstić information content (AvgIpc) is 3.59. The molecular formula is C75H140N6O6. The van der Waals surface area contributed by atoms with Gasteiger partial charge in [-0.15, -0.1) is 0 Å². The predicted molar refractivity (Wildman–Crippen MR) is 375 cm³/mol. The van der Waals surface area contributed by atoms with Gasteiger partial charge in [0, 0.05) is 90.5 Å². The quantitative estimate of drug-likeness (QED) is 0.0589. The van der Waals surface area contributed by atoms with E-state index in [2.05, 4.69) is 114 Å². The number of rotatable bonds is 48. The lowest BCUT2D eigenvalue weighted by molar-refractivity contribution is -0.123. The summed E-state index contributed by atoms with van der Waals surface area (Å²) in [5.41, 5.74) is 2.22. The van der Waals surface area contributed by atoms with Crippen LogP contribution in [0.3, 0.4) is 0 Å². The van der Waals surface area contributed by atoms with Crippen molar-refractivity contribution in [3.63, 3.8) is 0 Å². The summed E-state index contributed by atoms with van der Waals surface area (Å²) in [6, 6.07) is 19.8. The van der Waals surface area contributed by atoms with Gasteiger partial charge in [0.25, 0.3) is 0 Å². The van der Waals surface area contributed by atoms with Gasteiger partial charge in [-0.2, -0.15) is 0 Å². The molecule has 0 aliphatic heterocycles. The van der Waals surface area contributed by atoms with E-state index in [1.165, 1.54) is 44.5 Å². The summed E-state index contributed by atoms with van der Waals surface area (Å²) >= 11 is 0. The van der Waals surface area contributed by atoms with Gasteiger partial charge in [-0.25, -0.2) is 0 Å². The first kappa shape index (κ1) is 89.2. The Morgan fingerprint density at radius 3 is 1.07 bits per heavy atom. The maximum Gasteiger partial charge on any atom is 0.220 e. The number of carbonyl (C=O) groups is 6. The highest BCUT2D eigenvalue weighted by molar-refractivity contribution is 5.81. The van der Waals surface area contributed by atoms with Gasteiger partial charge in [0.15, 0.2) is 0 Å². The molecule has 0 heterocycles. The molecule has 0 unspecified atom stereocenters. The molecule has 0 radical (unpaired) electrons. The van der Waals surface area contributed by atoms with E-state index in [1.54, 1.807) is 0 Å². The highest BCUT2D eigenvalue weighted by atomic mass is 16.2. The number of unbranched alkanes of at least 4 members (excludes halogenated alkanes) is 1. The van der Waals surface area contributed by atoms with Gasteiger partial charge >= 0.3 is 0 Å². The summed E-state index contributed by atoms with van der Waals surface area (Å²) in [7, 11) is 0. The zero-order chi connectivity index (χ0) is 65.2. The first-order chi connectivity index (χ1) is 41.2. The van der Waals surface area contributed by atoms with E-state index in [-0.39, 0.29) is 36.7 Å². The molecule has 0 spiro atoms. The van der Waals surface area contributed by atoms with Gasteiger partial charge in [0.1, 0.15) is 17.3 Å². The number of hydrogen-bond acceptors (Lipinski definition) is 9. The fourth-order valence-electron chi connectivity index (χ4n) is 9.09. The van der Waals surface area contributed by atoms with E-state index in [0.29, 0.717) is 107 Å². The van der Waals surface area contributed by atoms with E-state index >= 15 is 0 Å². The summed E-state index contributed by atoms with van der Waals surface area (Å²) in [4.78, 5) is 80.0. The molecule has 3 N–H and O–H groups in total. The van der Waals surface area contributed by atoms with E-state index in [9.17, 15) is 28.8 Å². The van der Waals surface area contributed by atoms with Crippen LogP contribution in [-0.2, 0) is 41.7 Å². The summed E-state index contributed by atoms with van der Waals surface area (Å²) < 4.78 is 0. The Morgan fingerprint density at radius 1 is 0.345 bits per heavy atom. The van der Waals surface area contributed by atoms with Crippen molar-refractivity contribution >= 4 is 35.1 Å². The Balaban J connectivity index is -0.000000650. The topological polar surface area (TPSA) is 148 Å². The number of carbonyl (C=O) groups excluding carboxylic acids is 6. The molecule has 0 aliphatic carbocycles. The Hall–Kier alpha value is -4.26. The molecule has 0 aliphatic rings. The molecule has 2 aromatic carbocycles. The van der Waals surface area contributed by atoms with Crippen LogP contribution in [-0.4, -0.2) is 122 Å². The van der Waals surface area contributed by atoms with Crippen molar-refractivity contribution in [3.8, 4) is 0 Å². The minimum absolute atomic E-state index is 0. The fourth-order valence-corrected chi connectivity index (χ4v) is 9.09. The number of aryl methyl sites for hydroxylation is 1. The number of Topliss-reactive ketones (excluding diaryl/α,β-unsaturated/α-hetero) is 3. The van der Waals surface area contributed by atoms with Crippen LogP contribution in [0.25, 0.3) is 0 Å². The molecule has 0 fully saturated rings. The zero-order valence-corrected chi connectivity index (χ0v) is 58.7. The van der Waals surface area contributed by atoms with Crippen LogP contribution < -0.4 is 16.0 Å². The van der Waals surface area contributed by atoms with Gasteiger partial charge in [-0.3, -0.25) is 28.8 Å². The monoisotopic (exact) mass is 1220 g/mol. The fraction of sp³-hybridized carbons (Fsp3) is 0.760. The van der Waals surface area contributed by atoms with E-state index < -0.39 is 0 Å². The maximum atomic E-state index is 12.4. The van der Waals surface area contributed by atoms with Crippen LogP contribution in [0.5, 0.6) is 0 Å². The van der Waals surface area contributed by atoms with Crippen LogP contribution in [0, 0.1) is 29.6 Å². The van der Waals surface area contributed by atoms with Crippen molar-refractivity contribution in [3.05, 3.63) is 71.8 Å². The van der Waals surface area contributed by atoms with Gasteiger partial charge < -0.3 is 30.7 Å². The van der Waals surface area contributed by atoms with Crippen molar-refractivity contribution in [2.45, 2.75) is 272 Å². The Bertz CT molecular complexity index is 1800. The summed E-state index contributed by atoms with van der Waals surface area (Å²) in [5, 5.41) is 8.93. The van der Waals surface area contributed by atoms with Crippen LogP contribution >= 0.6 is 0 Å². The maximum absolute atomic E-state index is 12.4. The van der Waals surface area contributed by atoms with Crippen molar-refractivity contribution in [1.82, 2.24) is 30.7 Å². The number of benzene rings is 2. The van der Waals surface area contributed by atoms with Crippen molar-refractivity contribution in [2.75, 3.05) is 72.0 Å². The zero-order valence-electron chi connectivity index (χ0n) is 58.7. The SMILES string of the molecule is C.CC.CC.CC(C)CCN(CCCC(=O)CCCC(=O)CCc1ccccc1)CCNC(=O)CCCC(=O)NCc1ccccc1.CCCCC(=O)CCCN(CCNC(=O)CCCC(C)C)CCC(C)C.CCCN(CCC(C)C)CCC(C)C. The van der Waals surface area contributed by atoms with Crippen molar-refractivity contribution in [1.29, 1.82) is 0 Å². The first-order valence-corrected chi connectivity index (χ1v) is 34.8. The highest BCUT2D eigenvalue weighted by Crippen LogP contribution is 2.12. The second kappa shape index (κ2) is 63.3. The van der Waals surface area contributed by atoms with Crippen LogP contribution in [0.4, 0.5) is 0 Å². The molecule has 0 atom stereocenters. The number of nitrogens with zero attached hydrogens (tertiary/aromatic N) is 3. The normalized spacial score (nSPS) is 10.9. The van der Waals surface area contributed by atoms with Crippen LogP contribution in [0.2, 0.25) is 0 Å². The van der Waals surface area contributed by atoms with E-state index in [4.69, 9.17) is 0 Å². The molecule has 0 saturated heterocycles. The minimum Gasteiger partial charge on any atom is -0.355 e. The largest absolute Gasteiger partial charge is 0.355 e. The number of hydrogen-bond donors (Lipinski definition) is 3. The lowest BCUT2D eigenvalue weighted by atomic mass is 10.0. The molecule has 506 valence electrons. The predicted octanol–water partition coefficient (Wildman–Crippen LogP) is 17.0. The average molecular weight is 1220 g/mol. The second-order valence-electron chi connectivity index (χ2n) is 25.1. The first-order valence-electron chi connectivity index (χ1n) is 34.8. The van der Waals surface area contributed by atoms with Crippen molar-refractivity contribution < 1.29 is 28.8 Å². The number of ketones is 3. The van der Waals surface area contributed by atoms with Crippen LogP contribution in [0.15, 0.2) is 60.7 Å². The second-order valence-corrected chi connectivity index (χ2v) is 25.1. The Morgan fingerprint density at radius 2 is 0.678 bits per heavy atom. The molecule has 12 heteroatoms. The third kappa shape index (κ3) is 63.1. The Labute approximate surface area is 537 Å². The molecule has 3 amide bonds. The van der Waals surface area contributed by atoms with Crippen LogP contribution in [0.1, 0.15) is 271 Å². The number of nitrogens with one attached hydrogen (secondary N) is 3. The van der Waals surface area contributed by atoms with Gasteiger partial charge in [-0.05, 0) is 164 Å². The molecule has 12 nitrogen and oxygen atoms in total. The molecule has 0 bridgehead atoms. The third-order valence-corrected chi connectivity index (χ3v) is 14.6.